The molecule has 0 saturated heterocycles. The van der Waals surface area contributed by atoms with Crippen LogP contribution >= 0.6 is 0 Å². The van der Waals surface area contributed by atoms with Gasteiger partial charge in [-0.2, -0.15) is 0 Å². The maximum Gasteiger partial charge on any atom is 0.0994 e. The maximum atomic E-state index is 9.48. The number of nitroso groups, excluding NO2 is 1. The third-order valence-corrected chi connectivity index (χ3v) is 0.459. The number of terminal acetylenes is 1. The second kappa shape index (κ2) is 3.16. The van der Waals surface area contributed by atoms with E-state index in [0.29, 0.717) is 0 Å². The quantitative estimate of drug-likeness (QED) is 0.281. The summed E-state index contributed by atoms with van der Waals surface area (Å²) in [6.07, 6.45) is 4.81. The van der Waals surface area contributed by atoms with E-state index >= 15 is 0 Å². The Kier molecular flexibility index (Phi) is 2.69. The molecule has 3 heteroatoms. The van der Waals surface area contributed by atoms with Gasteiger partial charge in [-0.3, -0.25) is 5.01 Å². The fourth-order valence-corrected chi connectivity index (χ4v) is 0.161. The molecule has 0 aliphatic heterocycles. The SMILES string of the molecule is C#CCN(C)N=O. The van der Waals surface area contributed by atoms with Crippen molar-refractivity contribution in [1.29, 1.82) is 0 Å². The lowest BCUT2D eigenvalue weighted by Gasteiger charge is -1.98. The summed E-state index contributed by atoms with van der Waals surface area (Å²) in [5, 5.41) is 3.66. The van der Waals surface area contributed by atoms with Gasteiger partial charge in [-0.1, -0.05) is 5.92 Å². The molecule has 0 aromatic carbocycles. The molecule has 3 nitrogen and oxygen atoms in total. The third-order valence-electron chi connectivity index (χ3n) is 0.459. The summed E-state index contributed by atoms with van der Waals surface area (Å²) in [6.45, 7) is 0.281. The zero-order valence-corrected chi connectivity index (χ0v) is 4.09. The minimum absolute atomic E-state index is 0.281. The van der Waals surface area contributed by atoms with E-state index in [4.69, 9.17) is 6.42 Å². The Morgan fingerprint density at radius 2 is 2.57 bits per heavy atom. The Morgan fingerprint density at radius 1 is 2.00 bits per heavy atom. The van der Waals surface area contributed by atoms with Crippen LogP contribution in [0.15, 0.2) is 5.29 Å². The fourth-order valence-electron chi connectivity index (χ4n) is 0.161. The molecule has 0 radical (unpaired) electrons. The van der Waals surface area contributed by atoms with Gasteiger partial charge in [0.05, 0.1) is 11.8 Å². The standard InChI is InChI=1S/C4H6N2O/c1-3-4-6(2)5-7/h1H,4H2,2H3. The summed E-state index contributed by atoms with van der Waals surface area (Å²) >= 11 is 0. The van der Waals surface area contributed by atoms with Crippen LogP contribution in [0, 0.1) is 17.3 Å². The van der Waals surface area contributed by atoms with Crippen LogP contribution < -0.4 is 0 Å². The average molecular weight is 98.1 g/mol. The van der Waals surface area contributed by atoms with E-state index in [9.17, 15) is 4.91 Å². The number of hydrogen-bond acceptors (Lipinski definition) is 2. The Bertz CT molecular complexity index is 94.4. The molecule has 0 bridgehead atoms. The Balaban J connectivity index is 3.21. The van der Waals surface area contributed by atoms with Gasteiger partial charge in [0, 0.05) is 7.05 Å². The van der Waals surface area contributed by atoms with E-state index in [1.54, 1.807) is 0 Å². The van der Waals surface area contributed by atoms with Crippen molar-refractivity contribution in [2.45, 2.75) is 0 Å². The molecule has 0 spiro atoms. The third kappa shape index (κ3) is 2.77. The Hall–Kier alpha value is -1.04. The van der Waals surface area contributed by atoms with Gasteiger partial charge < -0.3 is 0 Å². The van der Waals surface area contributed by atoms with Crippen molar-refractivity contribution in [3.63, 3.8) is 0 Å². The average Bonchev–Trinajstić information content (AvgIpc) is 1.68. The number of nitrogens with zero attached hydrogens (tertiary/aromatic N) is 2. The van der Waals surface area contributed by atoms with E-state index in [1.807, 2.05) is 0 Å². The molecule has 0 saturated carbocycles. The van der Waals surface area contributed by atoms with Gasteiger partial charge >= 0.3 is 0 Å². The van der Waals surface area contributed by atoms with Crippen molar-refractivity contribution in [2.24, 2.45) is 5.29 Å². The number of hydrogen-bond donors (Lipinski definition) is 0. The van der Waals surface area contributed by atoms with E-state index < -0.39 is 0 Å². The van der Waals surface area contributed by atoms with Crippen LogP contribution in [0.25, 0.3) is 0 Å². The van der Waals surface area contributed by atoms with Crippen LogP contribution in [-0.4, -0.2) is 18.6 Å². The Labute approximate surface area is 42.3 Å². The molecule has 0 aromatic heterocycles. The first-order valence-electron chi connectivity index (χ1n) is 1.79. The van der Waals surface area contributed by atoms with Crippen molar-refractivity contribution in [3.8, 4) is 12.3 Å². The van der Waals surface area contributed by atoms with Crippen molar-refractivity contribution in [1.82, 2.24) is 5.01 Å². The molecule has 0 aliphatic carbocycles. The van der Waals surface area contributed by atoms with Crippen LogP contribution in [0.1, 0.15) is 0 Å². The molecule has 0 unspecified atom stereocenters. The smallest absolute Gasteiger partial charge is 0.0994 e. The van der Waals surface area contributed by atoms with Crippen LogP contribution in [0.5, 0.6) is 0 Å². The second-order valence-corrected chi connectivity index (χ2v) is 1.10. The largest absolute Gasteiger partial charge is 0.252 e. The molecule has 0 aromatic rings. The van der Waals surface area contributed by atoms with E-state index in [2.05, 4.69) is 11.2 Å². The molecule has 7 heavy (non-hydrogen) atoms. The molecule has 0 rings (SSSR count). The van der Waals surface area contributed by atoms with Crippen molar-refractivity contribution >= 4 is 0 Å². The van der Waals surface area contributed by atoms with Crippen LogP contribution in [0.3, 0.4) is 0 Å². The molecular weight excluding hydrogens is 92.1 g/mol. The highest BCUT2D eigenvalue weighted by Crippen LogP contribution is 1.75. The van der Waals surface area contributed by atoms with Gasteiger partial charge in [0.2, 0.25) is 0 Å². The van der Waals surface area contributed by atoms with Gasteiger partial charge in [0.15, 0.2) is 0 Å². The molecular formula is C4H6N2O. The summed E-state index contributed by atoms with van der Waals surface area (Å²) < 4.78 is 0. The van der Waals surface area contributed by atoms with Gasteiger partial charge in [-0.25, -0.2) is 0 Å². The Morgan fingerprint density at radius 3 is 2.71 bits per heavy atom. The monoisotopic (exact) mass is 98.0 g/mol. The molecule has 38 valence electrons. The van der Waals surface area contributed by atoms with E-state index in [0.717, 1.165) is 5.01 Å². The topological polar surface area (TPSA) is 32.7 Å². The van der Waals surface area contributed by atoms with Gasteiger partial charge in [-0.15, -0.1) is 11.3 Å². The van der Waals surface area contributed by atoms with Crippen molar-refractivity contribution in [3.05, 3.63) is 4.91 Å². The zero-order valence-electron chi connectivity index (χ0n) is 4.09. The van der Waals surface area contributed by atoms with Crippen molar-refractivity contribution in [2.75, 3.05) is 13.6 Å². The predicted molar refractivity (Wildman–Crippen MR) is 27.3 cm³/mol. The first-order chi connectivity index (χ1) is 3.31. The predicted octanol–water partition coefficient (Wildman–Crippen LogP) is 0.233. The number of rotatable bonds is 2. The van der Waals surface area contributed by atoms with Crippen molar-refractivity contribution < 1.29 is 0 Å². The van der Waals surface area contributed by atoms with Crippen LogP contribution in [-0.2, 0) is 0 Å². The first-order valence-corrected chi connectivity index (χ1v) is 1.79. The normalized spacial score (nSPS) is 6.86. The van der Waals surface area contributed by atoms with Crippen LogP contribution in [0.2, 0.25) is 0 Å². The fraction of sp³-hybridized carbons (Fsp3) is 0.500. The highest BCUT2D eigenvalue weighted by molar-refractivity contribution is 4.85. The molecule has 0 fully saturated rings. The highest BCUT2D eigenvalue weighted by Gasteiger charge is 1.83. The lowest BCUT2D eigenvalue weighted by Crippen LogP contribution is -2.08. The van der Waals surface area contributed by atoms with E-state index in [-0.39, 0.29) is 6.54 Å². The maximum absolute atomic E-state index is 9.48. The van der Waals surface area contributed by atoms with Crippen LogP contribution in [0.4, 0.5) is 0 Å². The summed E-state index contributed by atoms with van der Waals surface area (Å²) in [5.74, 6) is 2.25. The molecule has 0 heterocycles. The molecule has 0 atom stereocenters. The van der Waals surface area contributed by atoms with Gasteiger partial charge in [-0.05, 0) is 0 Å². The van der Waals surface area contributed by atoms with Gasteiger partial charge in [0.1, 0.15) is 0 Å². The second-order valence-electron chi connectivity index (χ2n) is 1.10. The minimum Gasteiger partial charge on any atom is -0.252 e. The molecule has 0 amide bonds. The molecule has 0 aliphatic rings. The molecule has 0 N–H and O–H groups in total. The summed E-state index contributed by atoms with van der Waals surface area (Å²) in [6, 6.07) is 0. The highest BCUT2D eigenvalue weighted by atomic mass is 16.3. The lowest BCUT2D eigenvalue weighted by atomic mass is 10.7. The summed E-state index contributed by atoms with van der Waals surface area (Å²) in [7, 11) is 1.52. The first kappa shape index (κ1) is 5.96. The summed E-state index contributed by atoms with van der Waals surface area (Å²) in [5.41, 5.74) is 0. The van der Waals surface area contributed by atoms with E-state index in [1.165, 1.54) is 7.05 Å². The zero-order chi connectivity index (χ0) is 5.70. The minimum atomic E-state index is 0.281. The summed E-state index contributed by atoms with van der Waals surface area (Å²) in [4.78, 5) is 9.48. The van der Waals surface area contributed by atoms with Gasteiger partial charge in [0.25, 0.3) is 0 Å². The lowest BCUT2D eigenvalue weighted by molar-refractivity contribution is 0.395.